The highest BCUT2D eigenvalue weighted by Gasteiger charge is 2.13. The van der Waals surface area contributed by atoms with Crippen molar-refractivity contribution < 1.29 is 14.3 Å². The monoisotopic (exact) mass is 216 g/mol. The second-order valence-corrected chi connectivity index (χ2v) is 3.07. The number of para-hydroxylation sites is 2. The van der Waals surface area contributed by atoms with Crippen molar-refractivity contribution in [3.8, 4) is 0 Å². The SMILES string of the molecule is COC(=O)/C=C1\N=c2ccccc2=NC1=O. The van der Waals surface area contributed by atoms with Gasteiger partial charge in [0.25, 0.3) is 5.91 Å². The standard InChI is InChI=1S/C11H8N2O3/c1-16-10(14)6-9-11(15)13-8-5-3-2-4-7(8)12-9/h2-6H,1H3/b9-6-. The van der Waals surface area contributed by atoms with E-state index in [0.29, 0.717) is 10.7 Å². The summed E-state index contributed by atoms with van der Waals surface area (Å²) in [6.45, 7) is 0. The van der Waals surface area contributed by atoms with Crippen LogP contribution < -0.4 is 10.7 Å². The van der Waals surface area contributed by atoms with Crippen LogP contribution in [0.15, 0.2) is 46.0 Å². The van der Waals surface area contributed by atoms with Crippen molar-refractivity contribution in [1.29, 1.82) is 0 Å². The number of nitrogens with zero attached hydrogens (tertiary/aromatic N) is 2. The third-order valence-corrected chi connectivity index (χ3v) is 2.02. The van der Waals surface area contributed by atoms with Gasteiger partial charge in [-0.25, -0.2) is 14.8 Å². The van der Waals surface area contributed by atoms with Crippen LogP contribution in [0, 0.1) is 0 Å². The summed E-state index contributed by atoms with van der Waals surface area (Å²) in [5, 5.41) is 1.08. The lowest BCUT2D eigenvalue weighted by molar-refractivity contribution is -0.135. The number of benzene rings is 1. The Hall–Kier alpha value is -2.30. The van der Waals surface area contributed by atoms with Gasteiger partial charge in [-0.3, -0.25) is 4.79 Å². The van der Waals surface area contributed by atoms with Gasteiger partial charge in [0, 0.05) is 0 Å². The molecule has 5 nitrogen and oxygen atoms in total. The molecule has 1 amide bonds. The smallest absolute Gasteiger partial charge is 0.332 e. The molecule has 0 bridgehead atoms. The molecule has 0 spiro atoms. The van der Waals surface area contributed by atoms with Crippen molar-refractivity contribution in [2.45, 2.75) is 0 Å². The van der Waals surface area contributed by atoms with E-state index in [-0.39, 0.29) is 5.70 Å². The van der Waals surface area contributed by atoms with E-state index in [0.717, 1.165) is 6.08 Å². The average Bonchev–Trinajstić information content (AvgIpc) is 2.30. The van der Waals surface area contributed by atoms with E-state index >= 15 is 0 Å². The maximum Gasteiger partial charge on any atom is 0.332 e. The second-order valence-electron chi connectivity index (χ2n) is 3.07. The number of hydrogen-bond donors (Lipinski definition) is 0. The maximum absolute atomic E-state index is 11.5. The highest BCUT2D eigenvalue weighted by atomic mass is 16.5. The minimum atomic E-state index is -0.623. The van der Waals surface area contributed by atoms with E-state index < -0.39 is 11.9 Å². The van der Waals surface area contributed by atoms with Crippen molar-refractivity contribution in [2.75, 3.05) is 7.11 Å². The summed E-state index contributed by atoms with van der Waals surface area (Å²) < 4.78 is 4.42. The van der Waals surface area contributed by atoms with Gasteiger partial charge in [-0.2, -0.15) is 0 Å². The van der Waals surface area contributed by atoms with Gasteiger partial charge in [0.05, 0.1) is 23.9 Å². The fraction of sp³-hybridized carbons (Fsp3) is 0.0909. The molecule has 16 heavy (non-hydrogen) atoms. The van der Waals surface area contributed by atoms with Crippen molar-refractivity contribution >= 4 is 11.9 Å². The Bertz CT molecular complexity index is 602. The first-order chi connectivity index (χ1) is 7.70. The molecule has 0 saturated heterocycles. The Labute approximate surface area is 90.8 Å². The average molecular weight is 216 g/mol. The lowest BCUT2D eigenvalue weighted by atomic mass is 10.3. The molecule has 1 aliphatic heterocycles. The van der Waals surface area contributed by atoms with E-state index in [9.17, 15) is 9.59 Å². The Morgan fingerprint density at radius 2 is 1.88 bits per heavy atom. The molecule has 0 unspecified atom stereocenters. The Kier molecular flexibility index (Phi) is 2.59. The van der Waals surface area contributed by atoms with E-state index in [2.05, 4.69) is 14.7 Å². The summed E-state index contributed by atoms with van der Waals surface area (Å²) in [6, 6.07) is 6.95. The molecular formula is C11H8N2O3. The zero-order valence-electron chi connectivity index (χ0n) is 8.51. The molecule has 0 atom stereocenters. The first-order valence-corrected chi connectivity index (χ1v) is 4.57. The van der Waals surface area contributed by atoms with Gasteiger partial charge in [-0.05, 0) is 12.1 Å². The van der Waals surface area contributed by atoms with Crippen LogP contribution >= 0.6 is 0 Å². The molecule has 0 radical (unpaired) electrons. The number of fused-ring (bicyclic) bond motifs is 1. The molecule has 80 valence electrons. The second kappa shape index (κ2) is 4.06. The van der Waals surface area contributed by atoms with E-state index in [1.165, 1.54) is 7.11 Å². The number of ether oxygens (including phenoxy) is 1. The fourth-order valence-corrected chi connectivity index (χ4v) is 1.26. The molecule has 0 aromatic heterocycles. The third kappa shape index (κ3) is 1.88. The highest BCUT2D eigenvalue weighted by Crippen LogP contribution is 2.01. The topological polar surface area (TPSA) is 68.1 Å². The molecule has 0 N–H and O–H groups in total. The normalized spacial score (nSPS) is 16.1. The zero-order valence-corrected chi connectivity index (χ0v) is 8.51. The summed E-state index contributed by atoms with van der Waals surface area (Å²) in [6.07, 6.45) is 1.03. The quantitative estimate of drug-likeness (QED) is 0.470. The number of rotatable bonds is 1. The number of hydrogen-bond acceptors (Lipinski definition) is 4. The minimum absolute atomic E-state index is 0.00875. The third-order valence-electron chi connectivity index (χ3n) is 2.02. The van der Waals surface area contributed by atoms with Crippen LogP contribution in [-0.2, 0) is 14.3 Å². The number of carbonyl (C=O) groups is 2. The number of carbonyl (C=O) groups excluding carboxylic acids is 2. The van der Waals surface area contributed by atoms with Crippen LogP contribution in [-0.4, -0.2) is 19.0 Å². The van der Waals surface area contributed by atoms with Gasteiger partial charge < -0.3 is 4.74 Å². The van der Waals surface area contributed by atoms with Crippen molar-refractivity contribution in [3.63, 3.8) is 0 Å². The molecule has 1 aromatic rings. The van der Waals surface area contributed by atoms with E-state index in [1.807, 2.05) is 0 Å². The molecular weight excluding hydrogens is 208 g/mol. The van der Waals surface area contributed by atoms with Gasteiger partial charge in [0.15, 0.2) is 0 Å². The van der Waals surface area contributed by atoms with Crippen LogP contribution in [0.25, 0.3) is 0 Å². The predicted octanol–water partition coefficient (Wildman–Crippen LogP) is -0.477. The Morgan fingerprint density at radius 3 is 2.50 bits per heavy atom. The van der Waals surface area contributed by atoms with Crippen LogP contribution in [0.1, 0.15) is 0 Å². The first kappa shape index (κ1) is 10.2. The lowest BCUT2D eigenvalue weighted by Crippen LogP contribution is -2.30. The molecule has 0 saturated carbocycles. The van der Waals surface area contributed by atoms with E-state index in [1.54, 1.807) is 24.3 Å². The van der Waals surface area contributed by atoms with Crippen LogP contribution in [0.5, 0.6) is 0 Å². The summed E-state index contributed by atoms with van der Waals surface area (Å²) in [7, 11) is 1.23. The Morgan fingerprint density at radius 1 is 1.25 bits per heavy atom. The fourth-order valence-electron chi connectivity index (χ4n) is 1.26. The maximum atomic E-state index is 11.5. The van der Waals surface area contributed by atoms with Crippen LogP contribution in [0.3, 0.4) is 0 Å². The number of esters is 1. The summed E-state index contributed by atoms with van der Waals surface area (Å²) >= 11 is 0. The molecule has 2 rings (SSSR count). The molecule has 0 aliphatic carbocycles. The Balaban J connectivity index is 2.56. The van der Waals surface area contributed by atoms with Gasteiger partial charge in [-0.15, -0.1) is 0 Å². The van der Waals surface area contributed by atoms with Gasteiger partial charge in [0.2, 0.25) is 0 Å². The van der Waals surface area contributed by atoms with Gasteiger partial charge >= 0.3 is 5.97 Å². The van der Waals surface area contributed by atoms with Gasteiger partial charge in [-0.1, -0.05) is 12.1 Å². The number of amides is 1. The molecule has 5 heteroatoms. The number of methoxy groups -OCH3 is 1. The minimum Gasteiger partial charge on any atom is -0.466 e. The van der Waals surface area contributed by atoms with Crippen LogP contribution in [0.4, 0.5) is 0 Å². The van der Waals surface area contributed by atoms with E-state index in [4.69, 9.17) is 0 Å². The molecule has 1 heterocycles. The summed E-state index contributed by atoms with van der Waals surface area (Å²) in [4.78, 5) is 30.3. The highest BCUT2D eigenvalue weighted by molar-refractivity contribution is 5.99. The summed E-state index contributed by atoms with van der Waals surface area (Å²) in [5.41, 5.74) is -0.00875. The van der Waals surface area contributed by atoms with Crippen molar-refractivity contribution in [3.05, 3.63) is 46.8 Å². The predicted molar refractivity (Wildman–Crippen MR) is 53.9 cm³/mol. The van der Waals surface area contributed by atoms with Gasteiger partial charge in [0.1, 0.15) is 5.70 Å². The lowest BCUT2D eigenvalue weighted by Gasteiger charge is -2.01. The molecule has 1 aliphatic rings. The van der Waals surface area contributed by atoms with Crippen molar-refractivity contribution in [2.24, 2.45) is 9.98 Å². The largest absolute Gasteiger partial charge is 0.466 e. The first-order valence-electron chi connectivity index (χ1n) is 4.57. The van der Waals surface area contributed by atoms with Crippen LogP contribution in [0.2, 0.25) is 0 Å². The molecule has 1 aromatic carbocycles. The summed E-state index contributed by atoms with van der Waals surface area (Å²) in [5.74, 6) is -1.16. The van der Waals surface area contributed by atoms with Crippen molar-refractivity contribution in [1.82, 2.24) is 0 Å². The molecule has 0 fully saturated rings. The zero-order chi connectivity index (χ0) is 11.5.